The molecular weight excluding hydrogens is 410 g/mol. The van der Waals surface area contributed by atoms with E-state index in [1.54, 1.807) is 12.1 Å². The lowest BCUT2D eigenvalue weighted by Gasteiger charge is -2.14. The number of carbonyl (C=O) groups excluding carboxylic acids is 1. The van der Waals surface area contributed by atoms with E-state index in [0.717, 1.165) is 16.8 Å². The highest BCUT2D eigenvalue weighted by Gasteiger charge is 2.21. The summed E-state index contributed by atoms with van der Waals surface area (Å²) >= 11 is 1.30. The van der Waals surface area contributed by atoms with Gasteiger partial charge in [0.25, 0.3) is 5.56 Å². The molecule has 31 heavy (non-hydrogen) atoms. The molecule has 0 saturated heterocycles. The molecule has 1 unspecified atom stereocenters. The molecule has 0 fully saturated rings. The first kappa shape index (κ1) is 20.9. The van der Waals surface area contributed by atoms with Crippen molar-refractivity contribution in [1.29, 1.82) is 0 Å². The maximum Gasteiger partial charge on any atom is 0.263 e. The van der Waals surface area contributed by atoms with Crippen LogP contribution in [0.1, 0.15) is 18.1 Å². The lowest BCUT2D eigenvalue weighted by molar-refractivity contribution is -0.115. The Hall–Kier alpha value is -3.39. The Labute approximate surface area is 183 Å². The Bertz CT molecular complexity index is 1370. The lowest BCUT2D eigenvalue weighted by Crippen LogP contribution is -2.24. The number of rotatable bonds is 6. The summed E-state index contributed by atoms with van der Waals surface area (Å²) in [4.78, 5) is 25.7. The van der Waals surface area contributed by atoms with E-state index in [9.17, 15) is 9.59 Å². The fourth-order valence-corrected chi connectivity index (χ4v) is 4.36. The second kappa shape index (κ2) is 8.39. The van der Waals surface area contributed by atoms with Crippen molar-refractivity contribution >= 4 is 40.0 Å². The molecule has 0 aliphatic carbocycles. The SMILES string of the molecule is C=CCn1c(=O)c2ccccc2n2c(SC(C)C(=O)Nc3ccc(C)cc3C)nnc12. The molecule has 158 valence electrons. The number of aromatic nitrogens is 4. The minimum atomic E-state index is -0.424. The quantitative estimate of drug-likeness (QED) is 0.368. The van der Waals surface area contributed by atoms with Crippen LogP contribution < -0.4 is 10.9 Å². The second-order valence-corrected chi connectivity index (χ2v) is 8.72. The zero-order valence-corrected chi connectivity index (χ0v) is 18.4. The predicted octanol–water partition coefficient (Wildman–Crippen LogP) is 3.97. The summed E-state index contributed by atoms with van der Waals surface area (Å²) in [5, 5.41) is 12.2. The average molecular weight is 434 g/mol. The first-order chi connectivity index (χ1) is 14.9. The van der Waals surface area contributed by atoms with Crippen LogP contribution in [-0.2, 0) is 11.3 Å². The van der Waals surface area contributed by atoms with Gasteiger partial charge in [0.15, 0.2) is 5.16 Å². The van der Waals surface area contributed by atoms with Gasteiger partial charge in [-0.15, -0.1) is 16.8 Å². The van der Waals surface area contributed by atoms with E-state index in [0.29, 0.717) is 28.4 Å². The predicted molar refractivity (Wildman–Crippen MR) is 125 cm³/mol. The molecule has 7 nitrogen and oxygen atoms in total. The lowest BCUT2D eigenvalue weighted by atomic mass is 10.1. The third-order valence-corrected chi connectivity index (χ3v) is 6.12. The van der Waals surface area contributed by atoms with Gasteiger partial charge in [0.1, 0.15) is 0 Å². The average Bonchev–Trinajstić information content (AvgIpc) is 3.16. The number of hydrogen-bond donors (Lipinski definition) is 1. The van der Waals surface area contributed by atoms with Gasteiger partial charge in [-0.05, 0) is 44.5 Å². The molecule has 0 aliphatic heterocycles. The molecule has 8 heteroatoms. The standard InChI is InChI=1S/C23H23N5O2S/c1-5-12-27-21(30)17-8-6-7-9-19(17)28-22(27)25-26-23(28)31-16(4)20(29)24-18-11-10-14(2)13-15(18)3/h5-11,13,16H,1,12H2,2-4H3,(H,24,29). The Kier molecular flexibility index (Phi) is 5.65. The summed E-state index contributed by atoms with van der Waals surface area (Å²) in [6.07, 6.45) is 1.65. The number of carbonyl (C=O) groups is 1. The van der Waals surface area contributed by atoms with E-state index in [4.69, 9.17) is 0 Å². The van der Waals surface area contributed by atoms with E-state index >= 15 is 0 Å². The minimum Gasteiger partial charge on any atom is -0.325 e. The van der Waals surface area contributed by atoms with Crippen LogP contribution in [0.2, 0.25) is 0 Å². The van der Waals surface area contributed by atoms with Gasteiger partial charge in [-0.25, -0.2) is 0 Å². The molecule has 0 radical (unpaired) electrons. The van der Waals surface area contributed by atoms with Crippen LogP contribution in [0.3, 0.4) is 0 Å². The fourth-order valence-electron chi connectivity index (χ4n) is 3.50. The number of para-hydroxylation sites is 1. The van der Waals surface area contributed by atoms with Gasteiger partial charge in [-0.3, -0.25) is 18.6 Å². The highest BCUT2D eigenvalue weighted by atomic mass is 32.2. The van der Waals surface area contributed by atoms with Crippen molar-refractivity contribution in [3.63, 3.8) is 0 Å². The number of nitrogens with one attached hydrogen (secondary N) is 1. The molecule has 0 bridgehead atoms. The Morgan fingerprint density at radius 3 is 2.74 bits per heavy atom. The molecule has 1 N–H and O–H groups in total. The van der Waals surface area contributed by atoms with Crippen molar-refractivity contribution in [3.05, 3.63) is 76.6 Å². The van der Waals surface area contributed by atoms with Crippen molar-refractivity contribution in [2.24, 2.45) is 0 Å². The van der Waals surface area contributed by atoms with Crippen molar-refractivity contribution in [1.82, 2.24) is 19.2 Å². The molecule has 4 rings (SSSR count). The van der Waals surface area contributed by atoms with Crippen LogP contribution in [0, 0.1) is 13.8 Å². The number of allylic oxidation sites excluding steroid dienone is 1. The highest BCUT2D eigenvalue weighted by molar-refractivity contribution is 8.00. The van der Waals surface area contributed by atoms with Gasteiger partial charge < -0.3 is 5.32 Å². The number of amides is 1. The van der Waals surface area contributed by atoms with E-state index in [-0.39, 0.29) is 11.5 Å². The zero-order chi connectivity index (χ0) is 22.1. The molecule has 1 atom stereocenters. The molecule has 2 aromatic heterocycles. The topological polar surface area (TPSA) is 81.3 Å². The van der Waals surface area contributed by atoms with Crippen LogP contribution in [0.4, 0.5) is 5.69 Å². The van der Waals surface area contributed by atoms with Gasteiger partial charge in [0.05, 0.1) is 16.2 Å². The maximum absolute atomic E-state index is 12.9. The van der Waals surface area contributed by atoms with E-state index in [1.165, 1.54) is 16.3 Å². The van der Waals surface area contributed by atoms with Crippen molar-refractivity contribution in [2.75, 3.05) is 5.32 Å². The summed E-state index contributed by atoms with van der Waals surface area (Å²) in [5.74, 6) is 0.297. The van der Waals surface area contributed by atoms with E-state index < -0.39 is 5.25 Å². The van der Waals surface area contributed by atoms with Gasteiger partial charge in [-0.2, -0.15) is 0 Å². The van der Waals surface area contributed by atoms with Crippen LogP contribution >= 0.6 is 11.8 Å². The maximum atomic E-state index is 12.9. The summed E-state index contributed by atoms with van der Waals surface area (Å²) in [5.41, 5.74) is 3.51. The molecule has 2 aromatic carbocycles. The highest BCUT2D eigenvalue weighted by Crippen LogP contribution is 2.26. The Morgan fingerprint density at radius 2 is 2.00 bits per heavy atom. The molecular formula is C23H23N5O2S. The van der Waals surface area contributed by atoms with E-state index in [2.05, 4.69) is 22.1 Å². The van der Waals surface area contributed by atoms with E-state index in [1.807, 2.05) is 61.6 Å². The molecule has 2 heterocycles. The van der Waals surface area contributed by atoms with Gasteiger partial charge >= 0.3 is 0 Å². The second-order valence-electron chi connectivity index (χ2n) is 7.41. The van der Waals surface area contributed by atoms with Crippen molar-refractivity contribution in [2.45, 2.75) is 37.7 Å². The third kappa shape index (κ3) is 3.86. The summed E-state index contributed by atoms with van der Waals surface area (Å²) in [7, 11) is 0. The normalized spacial score (nSPS) is 12.2. The smallest absolute Gasteiger partial charge is 0.263 e. The number of anilines is 1. The number of benzene rings is 2. The molecule has 0 spiro atoms. The van der Waals surface area contributed by atoms with Crippen LogP contribution in [0.25, 0.3) is 16.7 Å². The Balaban J connectivity index is 1.71. The number of thioether (sulfide) groups is 1. The fraction of sp³-hybridized carbons (Fsp3) is 0.217. The summed E-state index contributed by atoms with van der Waals surface area (Å²) in [6.45, 7) is 9.87. The monoisotopic (exact) mass is 433 g/mol. The summed E-state index contributed by atoms with van der Waals surface area (Å²) < 4.78 is 3.36. The summed E-state index contributed by atoms with van der Waals surface area (Å²) in [6, 6.07) is 13.2. The number of nitrogens with zero attached hydrogens (tertiary/aromatic N) is 4. The first-order valence-corrected chi connectivity index (χ1v) is 10.8. The van der Waals surface area contributed by atoms with Crippen LogP contribution in [-0.4, -0.2) is 30.3 Å². The number of aryl methyl sites for hydroxylation is 2. The largest absolute Gasteiger partial charge is 0.325 e. The molecule has 0 aliphatic rings. The zero-order valence-electron chi connectivity index (χ0n) is 17.6. The van der Waals surface area contributed by atoms with Crippen molar-refractivity contribution in [3.8, 4) is 0 Å². The third-order valence-electron chi connectivity index (χ3n) is 5.08. The van der Waals surface area contributed by atoms with Gasteiger partial charge in [-0.1, -0.05) is 47.7 Å². The number of fused-ring (bicyclic) bond motifs is 3. The van der Waals surface area contributed by atoms with Crippen LogP contribution in [0.5, 0.6) is 0 Å². The van der Waals surface area contributed by atoms with Crippen LogP contribution in [0.15, 0.2) is 65.1 Å². The molecule has 1 amide bonds. The first-order valence-electron chi connectivity index (χ1n) is 9.93. The number of hydrogen-bond acceptors (Lipinski definition) is 5. The molecule has 4 aromatic rings. The minimum absolute atomic E-state index is 0.127. The Morgan fingerprint density at radius 1 is 1.23 bits per heavy atom. The van der Waals surface area contributed by atoms with Gasteiger partial charge in [0.2, 0.25) is 11.7 Å². The van der Waals surface area contributed by atoms with Crippen molar-refractivity contribution < 1.29 is 4.79 Å². The van der Waals surface area contributed by atoms with Gasteiger partial charge in [0, 0.05) is 12.2 Å². The molecule has 0 saturated carbocycles.